The third-order valence-corrected chi connectivity index (χ3v) is 4.08. The number of carbonyl (C=O) groups excluding carboxylic acids is 1. The molecule has 0 bridgehead atoms. The smallest absolute Gasteiger partial charge is 0.315 e. The van der Waals surface area contributed by atoms with Gasteiger partial charge in [-0.3, -0.25) is 4.79 Å². The van der Waals surface area contributed by atoms with Crippen molar-refractivity contribution in [3.8, 4) is 0 Å². The first-order valence-corrected chi connectivity index (χ1v) is 7.52. The minimum Gasteiger partial charge on any atom is -0.468 e. The van der Waals surface area contributed by atoms with Crippen LogP contribution < -0.4 is 0 Å². The van der Waals surface area contributed by atoms with Gasteiger partial charge in [-0.15, -0.1) is 0 Å². The first kappa shape index (κ1) is 15.2. The summed E-state index contributed by atoms with van der Waals surface area (Å²) < 4.78 is 5.02. The quantitative estimate of drug-likeness (QED) is 0.816. The second kappa shape index (κ2) is 6.57. The molecule has 2 unspecified atom stereocenters. The molecule has 1 aliphatic heterocycles. The molecule has 0 N–H and O–H groups in total. The van der Waals surface area contributed by atoms with Crippen LogP contribution in [0.1, 0.15) is 24.0 Å². The molecular formula is C19H18N2O2. The molecule has 0 saturated heterocycles. The van der Waals surface area contributed by atoms with Gasteiger partial charge in [-0.1, -0.05) is 60.7 Å². The molecule has 0 spiro atoms. The van der Waals surface area contributed by atoms with Crippen LogP contribution in [0.5, 0.6) is 0 Å². The lowest BCUT2D eigenvalue weighted by Crippen LogP contribution is -2.36. The fraction of sp³-hybridized carbons (Fsp3) is 0.211. The first-order valence-electron chi connectivity index (χ1n) is 7.52. The van der Waals surface area contributed by atoms with Crippen LogP contribution in [0.15, 0.2) is 70.9 Å². The summed E-state index contributed by atoms with van der Waals surface area (Å²) in [7, 11) is 1.41. The van der Waals surface area contributed by atoms with Crippen LogP contribution >= 0.6 is 0 Å². The van der Waals surface area contributed by atoms with Gasteiger partial charge in [-0.05, 0) is 18.1 Å². The van der Waals surface area contributed by atoms with Crippen LogP contribution in [0.25, 0.3) is 0 Å². The summed E-state index contributed by atoms with van der Waals surface area (Å²) in [4.78, 5) is 12.4. The second-order valence-corrected chi connectivity index (χ2v) is 5.48. The summed E-state index contributed by atoms with van der Waals surface area (Å²) in [6, 6.07) is 19.8. The molecule has 1 heterocycles. The highest BCUT2D eigenvalue weighted by Gasteiger charge is 2.39. The normalized spacial score (nSPS) is 20.4. The zero-order valence-corrected chi connectivity index (χ0v) is 13.1. The first-order chi connectivity index (χ1) is 11.2. The van der Waals surface area contributed by atoms with Crippen molar-refractivity contribution in [2.45, 2.75) is 12.8 Å². The van der Waals surface area contributed by atoms with Crippen molar-refractivity contribution >= 4 is 17.4 Å². The Kier molecular flexibility index (Phi) is 4.33. The number of rotatable bonds is 3. The topological polar surface area (TPSA) is 51.0 Å². The van der Waals surface area contributed by atoms with E-state index < -0.39 is 5.92 Å². The van der Waals surface area contributed by atoms with Crippen molar-refractivity contribution in [2.75, 3.05) is 7.11 Å². The lowest BCUT2D eigenvalue weighted by molar-refractivity contribution is -0.143. The third kappa shape index (κ3) is 2.93. The average Bonchev–Trinajstić information content (AvgIpc) is 2.62. The lowest BCUT2D eigenvalue weighted by Gasteiger charge is -2.29. The van der Waals surface area contributed by atoms with Crippen LogP contribution in [-0.4, -0.2) is 24.5 Å². The van der Waals surface area contributed by atoms with E-state index in [2.05, 4.69) is 10.2 Å². The number of hydrogen-bond acceptors (Lipinski definition) is 4. The van der Waals surface area contributed by atoms with Crippen molar-refractivity contribution in [2.24, 2.45) is 16.1 Å². The summed E-state index contributed by atoms with van der Waals surface area (Å²) >= 11 is 0. The Morgan fingerprint density at radius 3 is 2.17 bits per heavy atom. The zero-order chi connectivity index (χ0) is 16.2. The summed E-state index contributed by atoms with van der Waals surface area (Å²) in [6.45, 7) is 1.82. The van der Waals surface area contributed by atoms with E-state index in [4.69, 9.17) is 4.74 Å². The molecule has 0 saturated carbocycles. The van der Waals surface area contributed by atoms with E-state index in [9.17, 15) is 4.79 Å². The predicted octanol–water partition coefficient (Wildman–Crippen LogP) is 3.44. The molecule has 0 aromatic heterocycles. The number of carbonyl (C=O) groups is 1. The van der Waals surface area contributed by atoms with Crippen molar-refractivity contribution < 1.29 is 9.53 Å². The Hall–Kier alpha value is -2.75. The van der Waals surface area contributed by atoms with E-state index in [0.29, 0.717) is 5.71 Å². The maximum atomic E-state index is 12.4. The average molecular weight is 306 g/mol. The van der Waals surface area contributed by atoms with Gasteiger partial charge in [0.05, 0.1) is 18.5 Å². The minimum atomic E-state index is -0.463. The van der Waals surface area contributed by atoms with Gasteiger partial charge in [0.15, 0.2) is 0 Å². The van der Waals surface area contributed by atoms with Crippen LogP contribution in [0.3, 0.4) is 0 Å². The molecule has 116 valence electrons. The monoisotopic (exact) mass is 306 g/mol. The molecule has 4 heteroatoms. The Balaban J connectivity index is 2.15. The van der Waals surface area contributed by atoms with Crippen LogP contribution in [0.4, 0.5) is 0 Å². The molecular weight excluding hydrogens is 288 g/mol. The summed E-state index contributed by atoms with van der Waals surface area (Å²) in [5.41, 5.74) is 3.45. The number of hydrogen-bond donors (Lipinski definition) is 0. The Morgan fingerprint density at radius 2 is 1.57 bits per heavy atom. The highest BCUT2D eigenvalue weighted by molar-refractivity contribution is 6.15. The molecule has 4 nitrogen and oxygen atoms in total. The number of methoxy groups -OCH3 is 1. The van der Waals surface area contributed by atoms with E-state index in [1.54, 1.807) is 0 Å². The number of nitrogens with zero attached hydrogens (tertiary/aromatic N) is 2. The van der Waals surface area contributed by atoms with Gasteiger partial charge < -0.3 is 4.74 Å². The van der Waals surface area contributed by atoms with E-state index in [1.165, 1.54) is 7.11 Å². The number of benzene rings is 2. The Morgan fingerprint density at radius 1 is 0.957 bits per heavy atom. The van der Waals surface area contributed by atoms with Gasteiger partial charge in [0.2, 0.25) is 0 Å². The van der Waals surface area contributed by atoms with Gasteiger partial charge in [-0.2, -0.15) is 10.2 Å². The molecule has 0 fully saturated rings. The standard InChI is InChI=1S/C19H18N2O2/c1-13-16(19(22)23-2)17(14-9-5-3-6-10-14)18(21-20-13)15-11-7-4-8-12-15/h3-12,16-17H,1-2H3. The lowest BCUT2D eigenvalue weighted by atomic mass is 9.77. The van der Waals surface area contributed by atoms with Crippen molar-refractivity contribution in [3.05, 3.63) is 71.8 Å². The maximum absolute atomic E-state index is 12.4. The SMILES string of the molecule is COC(=O)C1C(C)=NN=C(c2ccccc2)C1c1ccccc1. The summed E-state index contributed by atoms with van der Waals surface area (Å²) in [5, 5.41) is 8.62. The number of esters is 1. The fourth-order valence-corrected chi connectivity index (χ4v) is 2.95. The van der Waals surface area contributed by atoms with Gasteiger partial charge in [0.25, 0.3) is 0 Å². The van der Waals surface area contributed by atoms with Crippen LogP contribution in [0, 0.1) is 5.92 Å². The van der Waals surface area contributed by atoms with E-state index >= 15 is 0 Å². The summed E-state index contributed by atoms with van der Waals surface area (Å²) in [5.74, 6) is -0.956. The van der Waals surface area contributed by atoms with E-state index in [-0.39, 0.29) is 11.9 Å². The predicted molar refractivity (Wildman–Crippen MR) is 90.8 cm³/mol. The highest BCUT2D eigenvalue weighted by Crippen LogP contribution is 2.34. The van der Waals surface area contributed by atoms with Gasteiger partial charge in [-0.25, -0.2) is 0 Å². The van der Waals surface area contributed by atoms with Crippen LogP contribution in [0.2, 0.25) is 0 Å². The Labute approximate surface area is 135 Å². The molecule has 2 aromatic carbocycles. The van der Waals surface area contributed by atoms with Gasteiger partial charge in [0.1, 0.15) is 5.92 Å². The van der Waals surface area contributed by atoms with Crippen molar-refractivity contribution in [1.29, 1.82) is 0 Å². The molecule has 0 aliphatic carbocycles. The fourth-order valence-electron chi connectivity index (χ4n) is 2.95. The largest absolute Gasteiger partial charge is 0.468 e. The van der Waals surface area contributed by atoms with Crippen molar-refractivity contribution in [3.63, 3.8) is 0 Å². The zero-order valence-electron chi connectivity index (χ0n) is 13.1. The molecule has 1 aliphatic rings. The molecule has 0 amide bonds. The minimum absolute atomic E-state index is 0.205. The molecule has 3 rings (SSSR count). The molecule has 23 heavy (non-hydrogen) atoms. The second-order valence-electron chi connectivity index (χ2n) is 5.48. The van der Waals surface area contributed by atoms with Crippen molar-refractivity contribution in [1.82, 2.24) is 0 Å². The van der Waals surface area contributed by atoms with E-state index in [0.717, 1.165) is 16.8 Å². The van der Waals surface area contributed by atoms with E-state index in [1.807, 2.05) is 67.6 Å². The third-order valence-electron chi connectivity index (χ3n) is 4.08. The number of ether oxygens (including phenoxy) is 1. The maximum Gasteiger partial charge on any atom is 0.315 e. The van der Waals surface area contributed by atoms with Gasteiger partial charge >= 0.3 is 5.97 Å². The van der Waals surface area contributed by atoms with Gasteiger partial charge in [0, 0.05) is 5.92 Å². The molecule has 2 atom stereocenters. The molecule has 2 aromatic rings. The molecule has 0 radical (unpaired) electrons. The highest BCUT2D eigenvalue weighted by atomic mass is 16.5. The van der Waals surface area contributed by atoms with Crippen LogP contribution in [-0.2, 0) is 9.53 Å². The Bertz CT molecular complexity index is 751. The summed E-state index contributed by atoms with van der Waals surface area (Å²) in [6.07, 6.45) is 0.